The number of rotatable bonds is 3. The third-order valence-electron chi connectivity index (χ3n) is 5.05. The summed E-state index contributed by atoms with van der Waals surface area (Å²) < 4.78 is 0. The second-order valence-electron chi connectivity index (χ2n) is 6.43. The second kappa shape index (κ2) is 5.17. The molecule has 0 aromatic carbocycles. The van der Waals surface area contributed by atoms with Crippen molar-refractivity contribution in [3.05, 3.63) is 0 Å². The molecule has 1 saturated heterocycles. The van der Waals surface area contributed by atoms with Gasteiger partial charge < -0.3 is 10.2 Å². The van der Waals surface area contributed by atoms with Gasteiger partial charge in [-0.25, -0.2) is 0 Å². The lowest BCUT2D eigenvalue weighted by Gasteiger charge is -2.32. The molecule has 3 fully saturated rings. The van der Waals surface area contributed by atoms with Crippen molar-refractivity contribution in [1.29, 1.82) is 0 Å². The van der Waals surface area contributed by atoms with Gasteiger partial charge in [0.1, 0.15) is 0 Å². The molecule has 1 aliphatic heterocycles. The van der Waals surface area contributed by atoms with Gasteiger partial charge in [-0.3, -0.25) is 9.69 Å². The van der Waals surface area contributed by atoms with Gasteiger partial charge in [0.2, 0.25) is 5.91 Å². The Labute approximate surface area is 110 Å². The summed E-state index contributed by atoms with van der Waals surface area (Å²) in [6.07, 6.45) is 5.33. The molecule has 2 saturated carbocycles. The van der Waals surface area contributed by atoms with Gasteiger partial charge in [-0.15, -0.1) is 0 Å². The lowest BCUT2D eigenvalue weighted by molar-refractivity contribution is -0.123. The lowest BCUT2D eigenvalue weighted by atomic mass is 9.95. The third kappa shape index (κ3) is 2.69. The van der Waals surface area contributed by atoms with Gasteiger partial charge in [0, 0.05) is 32.2 Å². The average molecular weight is 251 g/mol. The number of hydrogen-bond donors (Lipinski definition) is 1. The summed E-state index contributed by atoms with van der Waals surface area (Å²) in [5.41, 5.74) is 0. The summed E-state index contributed by atoms with van der Waals surface area (Å²) in [6, 6.07) is 0.490. The molecule has 1 amide bonds. The van der Waals surface area contributed by atoms with E-state index in [4.69, 9.17) is 0 Å². The molecule has 2 bridgehead atoms. The molecule has 3 aliphatic rings. The van der Waals surface area contributed by atoms with E-state index in [1.807, 2.05) is 0 Å². The molecule has 1 heterocycles. The molecule has 0 spiro atoms. The molecule has 0 radical (unpaired) electrons. The van der Waals surface area contributed by atoms with E-state index in [-0.39, 0.29) is 5.91 Å². The van der Waals surface area contributed by atoms with Gasteiger partial charge in [0.25, 0.3) is 0 Å². The highest BCUT2D eigenvalue weighted by atomic mass is 16.2. The van der Waals surface area contributed by atoms with Crippen LogP contribution in [0.4, 0.5) is 0 Å². The largest absolute Gasteiger partial charge is 0.352 e. The van der Waals surface area contributed by atoms with Crippen LogP contribution in [-0.4, -0.2) is 61.5 Å². The maximum Gasteiger partial charge on any atom is 0.234 e. The predicted octanol–water partition coefficient (Wildman–Crippen LogP) is 0.539. The van der Waals surface area contributed by atoms with Crippen LogP contribution >= 0.6 is 0 Å². The number of carbonyl (C=O) groups is 1. The first-order valence-corrected chi connectivity index (χ1v) is 7.41. The summed E-state index contributed by atoms with van der Waals surface area (Å²) in [6.45, 7) is 4.83. The zero-order valence-corrected chi connectivity index (χ0v) is 11.4. The van der Waals surface area contributed by atoms with Crippen LogP contribution in [0, 0.1) is 11.8 Å². The number of nitrogens with one attached hydrogen (secondary N) is 1. The Balaban J connectivity index is 1.42. The number of fused-ring (bicyclic) bond motifs is 2. The summed E-state index contributed by atoms with van der Waals surface area (Å²) in [5, 5.41) is 3.27. The molecule has 3 rings (SSSR count). The fraction of sp³-hybridized carbons (Fsp3) is 0.929. The predicted molar refractivity (Wildman–Crippen MR) is 71.3 cm³/mol. The Hall–Kier alpha value is -0.610. The van der Waals surface area contributed by atoms with Crippen LogP contribution in [0.25, 0.3) is 0 Å². The van der Waals surface area contributed by atoms with Gasteiger partial charge in [0.15, 0.2) is 0 Å². The van der Waals surface area contributed by atoms with Crippen molar-refractivity contribution in [3.8, 4) is 0 Å². The van der Waals surface area contributed by atoms with Crippen LogP contribution in [0.1, 0.15) is 25.7 Å². The minimum absolute atomic E-state index is 0.247. The molecule has 0 aromatic rings. The van der Waals surface area contributed by atoms with Crippen molar-refractivity contribution < 1.29 is 4.79 Å². The first-order valence-electron chi connectivity index (χ1n) is 7.41. The first kappa shape index (κ1) is 12.4. The highest BCUT2D eigenvalue weighted by Gasteiger charge is 2.40. The Kier molecular flexibility index (Phi) is 3.57. The van der Waals surface area contributed by atoms with E-state index in [9.17, 15) is 4.79 Å². The van der Waals surface area contributed by atoms with Gasteiger partial charge >= 0.3 is 0 Å². The average Bonchev–Trinajstić information content (AvgIpc) is 2.94. The van der Waals surface area contributed by atoms with Crippen LogP contribution in [-0.2, 0) is 4.79 Å². The van der Waals surface area contributed by atoms with Crippen LogP contribution in [0.5, 0.6) is 0 Å². The molecule has 1 N–H and O–H groups in total. The van der Waals surface area contributed by atoms with Gasteiger partial charge in [0.05, 0.1) is 6.54 Å². The van der Waals surface area contributed by atoms with Crippen molar-refractivity contribution in [2.75, 3.05) is 39.8 Å². The maximum absolute atomic E-state index is 12.1. The SMILES string of the molecule is CN1CCN(CC(=O)N[C@@H]2C[C@H]3CC[C@H]2C3)CC1. The molecule has 3 atom stereocenters. The number of piperazine rings is 1. The second-order valence-corrected chi connectivity index (χ2v) is 6.43. The van der Waals surface area contributed by atoms with Crippen molar-refractivity contribution in [2.24, 2.45) is 11.8 Å². The fourth-order valence-corrected chi connectivity index (χ4v) is 3.88. The minimum atomic E-state index is 0.247. The zero-order valence-electron chi connectivity index (χ0n) is 11.4. The van der Waals surface area contributed by atoms with Crippen LogP contribution in [0.3, 0.4) is 0 Å². The molecule has 4 heteroatoms. The Bertz CT molecular complexity index is 312. The normalized spacial score (nSPS) is 37.1. The first-order chi connectivity index (χ1) is 8.70. The lowest BCUT2D eigenvalue weighted by Crippen LogP contribution is -2.50. The summed E-state index contributed by atoms with van der Waals surface area (Å²) in [7, 11) is 2.15. The molecule has 18 heavy (non-hydrogen) atoms. The number of carbonyl (C=O) groups excluding carboxylic acids is 1. The Morgan fingerprint density at radius 2 is 1.94 bits per heavy atom. The Morgan fingerprint density at radius 1 is 1.17 bits per heavy atom. The standard InChI is InChI=1S/C14H25N3O/c1-16-4-6-17(7-5-16)10-14(18)15-13-9-11-2-3-12(13)8-11/h11-13H,2-10H2,1H3,(H,15,18)/t11-,12-,13+/m0/s1. The van der Waals surface area contributed by atoms with E-state index in [1.165, 1.54) is 25.7 Å². The molecule has 4 nitrogen and oxygen atoms in total. The number of amides is 1. The van der Waals surface area contributed by atoms with Crippen LogP contribution < -0.4 is 5.32 Å². The third-order valence-corrected chi connectivity index (χ3v) is 5.05. The van der Waals surface area contributed by atoms with Crippen molar-refractivity contribution in [1.82, 2.24) is 15.1 Å². The van der Waals surface area contributed by atoms with Gasteiger partial charge in [-0.05, 0) is 38.1 Å². The van der Waals surface area contributed by atoms with E-state index in [0.29, 0.717) is 12.6 Å². The molecular weight excluding hydrogens is 226 g/mol. The molecule has 102 valence electrons. The number of likely N-dealkylation sites (N-methyl/N-ethyl adjacent to an activating group) is 1. The summed E-state index contributed by atoms with van der Waals surface area (Å²) in [5.74, 6) is 1.94. The quantitative estimate of drug-likeness (QED) is 0.795. The topological polar surface area (TPSA) is 35.6 Å². The van der Waals surface area contributed by atoms with E-state index in [1.54, 1.807) is 0 Å². The molecule has 2 aliphatic carbocycles. The Morgan fingerprint density at radius 3 is 2.56 bits per heavy atom. The van der Waals surface area contributed by atoms with Crippen LogP contribution in [0.2, 0.25) is 0 Å². The van der Waals surface area contributed by atoms with E-state index < -0.39 is 0 Å². The van der Waals surface area contributed by atoms with Gasteiger partial charge in [-0.2, -0.15) is 0 Å². The van der Waals surface area contributed by atoms with E-state index in [0.717, 1.165) is 38.0 Å². The maximum atomic E-state index is 12.1. The number of nitrogens with zero attached hydrogens (tertiary/aromatic N) is 2. The highest BCUT2D eigenvalue weighted by Crippen LogP contribution is 2.44. The van der Waals surface area contributed by atoms with Crippen molar-refractivity contribution in [2.45, 2.75) is 31.7 Å². The van der Waals surface area contributed by atoms with E-state index in [2.05, 4.69) is 22.2 Å². The van der Waals surface area contributed by atoms with Gasteiger partial charge in [-0.1, -0.05) is 6.42 Å². The minimum Gasteiger partial charge on any atom is -0.352 e. The van der Waals surface area contributed by atoms with Crippen molar-refractivity contribution in [3.63, 3.8) is 0 Å². The zero-order chi connectivity index (χ0) is 12.5. The van der Waals surface area contributed by atoms with Crippen LogP contribution in [0.15, 0.2) is 0 Å². The van der Waals surface area contributed by atoms with E-state index >= 15 is 0 Å². The molecule has 0 unspecified atom stereocenters. The number of hydrogen-bond acceptors (Lipinski definition) is 3. The summed E-state index contributed by atoms with van der Waals surface area (Å²) >= 11 is 0. The summed E-state index contributed by atoms with van der Waals surface area (Å²) in [4.78, 5) is 16.7. The fourth-order valence-electron chi connectivity index (χ4n) is 3.88. The monoisotopic (exact) mass is 251 g/mol. The van der Waals surface area contributed by atoms with Crippen molar-refractivity contribution >= 4 is 5.91 Å². The highest BCUT2D eigenvalue weighted by molar-refractivity contribution is 5.78. The molecule has 0 aromatic heterocycles. The smallest absolute Gasteiger partial charge is 0.234 e. The molecular formula is C14H25N3O.